The maximum atomic E-state index is 11.7. The third kappa shape index (κ3) is 5.28. The van der Waals surface area contributed by atoms with Crippen molar-refractivity contribution in [2.24, 2.45) is 0 Å². The first-order chi connectivity index (χ1) is 9.08. The van der Waals surface area contributed by atoms with E-state index in [4.69, 9.17) is 9.84 Å². The zero-order valence-corrected chi connectivity index (χ0v) is 11.7. The van der Waals surface area contributed by atoms with Gasteiger partial charge in [0, 0.05) is 11.5 Å². The lowest BCUT2D eigenvalue weighted by Gasteiger charge is -2.16. The highest BCUT2D eigenvalue weighted by Crippen LogP contribution is 2.19. The summed E-state index contributed by atoms with van der Waals surface area (Å²) in [6.07, 6.45) is -0.266. The molecule has 0 radical (unpaired) electrons. The number of ether oxygens (including phenoxy) is 1. The van der Waals surface area contributed by atoms with Crippen molar-refractivity contribution >= 4 is 17.3 Å². The van der Waals surface area contributed by atoms with Crippen LogP contribution < -0.4 is 0 Å². The van der Waals surface area contributed by atoms with E-state index in [2.05, 4.69) is 6.92 Å². The summed E-state index contributed by atoms with van der Waals surface area (Å²) < 4.78 is 4.93. The molecule has 0 aliphatic carbocycles. The first-order valence-electron chi connectivity index (χ1n) is 6.31. The van der Waals surface area contributed by atoms with E-state index in [1.54, 1.807) is 6.07 Å². The maximum absolute atomic E-state index is 11.7. The predicted octanol–water partition coefficient (Wildman–Crippen LogP) is 0.962. The SMILES string of the molecule is CCCc1ccc(C(=O)OCC(O)C(O)CCO)s1. The number of hydrogen-bond acceptors (Lipinski definition) is 6. The van der Waals surface area contributed by atoms with E-state index in [0.717, 1.165) is 17.7 Å². The van der Waals surface area contributed by atoms with Gasteiger partial charge in [0.2, 0.25) is 0 Å². The van der Waals surface area contributed by atoms with Gasteiger partial charge in [0.25, 0.3) is 0 Å². The average molecular weight is 288 g/mol. The van der Waals surface area contributed by atoms with E-state index < -0.39 is 18.2 Å². The molecule has 2 atom stereocenters. The largest absolute Gasteiger partial charge is 0.459 e. The Kier molecular flexibility index (Phi) is 7.01. The molecule has 108 valence electrons. The lowest BCUT2D eigenvalue weighted by atomic mass is 10.1. The van der Waals surface area contributed by atoms with Crippen LogP contribution in [0.15, 0.2) is 12.1 Å². The molecule has 0 bridgehead atoms. The van der Waals surface area contributed by atoms with Crippen LogP contribution in [0.25, 0.3) is 0 Å². The molecule has 3 N–H and O–H groups in total. The van der Waals surface area contributed by atoms with Crippen LogP contribution in [0.1, 0.15) is 34.3 Å². The highest BCUT2D eigenvalue weighted by molar-refractivity contribution is 7.13. The van der Waals surface area contributed by atoms with Gasteiger partial charge >= 0.3 is 5.97 Å². The van der Waals surface area contributed by atoms with Crippen LogP contribution in [-0.4, -0.2) is 46.7 Å². The zero-order chi connectivity index (χ0) is 14.3. The van der Waals surface area contributed by atoms with Gasteiger partial charge in [0.1, 0.15) is 17.6 Å². The summed E-state index contributed by atoms with van der Waals surface area (Å²) in [5, 5.41) is 27.5. The molecule has 0 amide bonds. The van der Waals surface area contributed by atoms with Gasteiger partial charge in [-0.15, -0.1) is 11.3 Å². The van der Waals surface area contributed by atoms with Crippen LogP contribution in [0.5, 0.6) is 0 Å². The van der Waals surface area contributed by atoms with Gasteiger partial charge in [-0.1, -0.05) is 13.3 Å². The van der Waals surface area contributed by atoms with Crippen LogP contribution in [0.2, 0.25) is 0 Å². The minimum atomic E-state index is -1.17. The van der Waals surface area contributed by atoms with Gasteiger partial charge in [0.05, 0.1) is 6.10 Å². The summed E-state index contributed by atoms with van der Waals surface area (Å²) in [5.41, 5.74) is 0. The summed E-state index contributed by atoms with van der Waals surface area (Å²) in [7, 11) is 0. The Morgan fingerprint density at radius 2 is 2.11 bits per heavy atom. The third-order valence-electron chi connectivity index (χ3n) is 2.61. The Hall–Kier alpha value is -0.950. The van der Waals surface area contributed by atoms with Crippen LogP contribution in [0.4, 0.5) is 0 Å². The number of thiophene rings is 1. The number of aliphatic hydroxyl groups is 3. The molecule has 0 spiro atoms. The molecular formula is C13H20O5S. The molecule has 1 aromatic heterocycles. The molecule has 1 aromatic rings. The van der Waals surface area contributed by atoms with E-state index in [1.165, 1.54) is 11.3 Å². The lowest BCUT2D eigenvalue weighted by Crippen LogP contribution is -2.32. The van der Waals surface area contributed by atoms with Gasteiger partial charge in [-0.05, 0) is 25.0 Å². The fourth-order valence-corrected chi connectivity index (χ4v) is 2.54. The number of esters is 1. The second-order valence-electron chi connectivity index (χ2n) is 4.26. The average Bonchev–Trinajstić information content (AvgIpc) is 2.85. The molecule has 0 saturated heterocycles. The van der Waals surface area contributed by atoms with E-state index in [-0.39, 0.29) is 19.6 Å². The fourth-order valence-electron chi connectivity index (χ4n) is 1.54. The molecule has 1 rings (SSSR count). The third-order valence-corrected chi connectivity index (χ3v) is 3.74. The van der Waals surface area contributed by atoms with Crippen LogP contribution >= 0.6 is 11.3 Å². The summed E-state index contributed by atoms with van der Waals surface area (Å²) in [6, 6.07) is 3.59. The van der Waals surface area contributed by atoms with Crippen molar-refractivity contribution in [3.63, 3.8) is 0 Å². The highest BCUT2D eigenvalue weighted by atomic mass is 32.1. The van der Waals surface area contributed by atoms with Gasteiger partial charge < -0.3 is 20.1 Å². The molecule has 0 saturated carbocycles. The molecule has 1 heterocycles. The molecule has 2 unspecified atom stereocenters. The van der Waals surface area contributed by atoms with Crippen molar-refractivity contribution in [3.05, 3.63) is 21.9 Å². The molecule has 0 aromatic carbocycles. The topological polar surface area (TPSA) is 87.0 Å². The van der Waals surface area contributed by atoms with E-state index in [1.807, 2.05) is 6.07 Å². The number of hydrogen-bond donors (Lipinski definition) is 3. The number of aryl methyl sites for hydroxylation is 1. The smallest absolute Gasteiger partial charge is 0.348 e. The number of carbonyl (C=O) groups excluding carboxylic acids is 1. The monoisotopic (exact) mass is 288 g/mol. The van der Waals surface area contributed by atoms with Crippen molar-refractivity contribution in [2.75, 3.05) is 13.2 Å². The van der Waals surface area contributed by atoms with Gasteiger partial charge in [0.15, 0.2) is 0 Å². The highest BCUT2D eigenvalue weighted by Gasteiger charge is 2.19. The lowest BCUT2D eigenvalue weighted by molar-refractivity contribution is -0.0344. The standard InChI is InChI=1S/C13H20O5S/c1-2-3-9-4-5-12(19-9)13(17)18-8-11(16)10(15)6-7-14/h4-5,10-11,14-16H,2-3,6-8H2,1H3. The second kappa shape index (κ2) is 8.27. The van der Waals surface area contributed by atoms with Crippen molar-refractivity contribution in [2.45, 2.75) is 38.4 Å². The molecule has 0 aliphatic rings. The van der Waals surface area contributed by atoms with Gasteiger partial charge in [-0.25, -0.2) is 4.79 Å². The Morgan fingerprint density at radius 1 is 1.37 bits per heavy atom. The summed E-state index contributed by atoms with van der Waals surface area (Å²) in [4.78, 5) is 13.3. The Morgan fingerprint density at radius 3 is 2.74 bits per heavy atom. The van der Waals surface area contributed by atoms with E-state index in [0.29, 0.717) is 4.88 Å². The number of aliphatic hydroxyl groups excluding tert-OH is 3. The van der Waals surface area contributed by atoms with Crippen molar-refractivity contribution in [3.8, 4) is 0 Å². The minimum Gasteiger partial charge on any atom is -0.459 e. The van der Waals surface area contributed by atoms with Crippen LogP contribution in [0.3, 0.4) is 0 Å². The summed E-state index contributed by atoms with van der Waals surface area (Å²) in [6.45, 7) is 1.56. The van der Waals surface area contributed by atoms with Crippen molar-refractivity contribution in [1.82, 2.24) is 0 Å². The summed E-state index contributed by atoms with van der Waals surface area (Å²) >= 11 is 1.38. The normalized spacial score (nSPS) is 14.1. The Labute approximate surface area is 116 Å². The van der Waals surface area contributed by atoms with Crippen molar-refractivity contribution in [1.29, 1.82) is 0 Å². The Balaban J connectivity index is 2.41. The molecule has 0 aliphatic heterocycles. The maximum Gasteiger partial charge on any atom is 0.348 e. The fraction of sp³-hybridized carbons (Fsp3) is 0.615. The zero-order valence-electron chi connectivity index (χ0n) is 10.9. The minimum absolute atomic E-state index is 0.0539. The second-order valence-corrected chi connectivity index (χ2v) is 5.43. The molecule has 19 heavy (non-hydrogen) atoms. The van der Waals surface area contributed by atoms with Crippen LogP contribution in [0, 0.1) is 0 Å². The molecule has 6 heteroatoms. The first kappa shape index (κ1) is 16.1. The molecular weight excluding hydrogens is 268 g/mol. The summed E-state index contributed by atoms with van der Waals surface area (Å²) in [5.74, 6) is -0.498. The van der Waals surface area contributed by atoms with Gasteiger partial charge in [-0.3, -0.25) is 0 Å². The quantitative estimate of drug-likeness (QED) is 0.620. The molecule has 5 nitrogen and oxygen atoms in total. The predicted molar refractivity (Wildman–Crippen MR) is 72.3 cm³/mol. The van der Waals surface area contributed by atoms with Gasteiger partial charge in [-0.2, -0.15) is 0 Å². The van der Waals surface area contributed by atoms with E-state index >= 15 is 0 Å². The van der Waals surface area contributed by atoms with Crippen LogP contribution in [-0.2, 0) is 11.2 Å². The first-order valence-corrected chi connectivity index (χ1v) is 7.13. The number of carbonyl (C=O) groups is 1. The van der Waals surface area contributed by atoms with E-state index in [9.17, 15) is 15.0 Å². The molecule has 0 fully saturated rings. The number of rotatable bonds is 8. The van der Waals surface area contributed by atoms with Crippen molar-refractivity contribution < 1.29 is 24.9 Å². The Bertz CT molecular complexity index is 390.